The molecule has 3 heterocycles. The molecule has 3 heteroatoms. The maximum absolute atomic E-state index is 5.15. The number of rotatable bonds is 3. The Kier molecular flexibility index (Phi) is 4.90. The molecule has 3 nitrogen and oxygen atoms in total. The van der Waals surface area contributed by atoms with Gasteiger partial charge in [0.05, 0.1) is 16.6 Å². The van der Waals surface area contributed by atoms with Crippen molar-refractivity contribution >= 4 is 54.3 Å². The van der Waals surface area contributed by atoms with E-state index in [9.17, 15) is 0 Å². The Hall–Kier alpha value is -5.67. The highest BCUT2D eigenvalue weighted by atomic mass is 15.1. The summed E-state index contributed by atoms with van der Waals surface area (Å²) in [7, 11) is 0. The van der Waals surface area contributed by atoms with E-state index in [2.05, 4.69) is 155 Å². The lowest BCUT2D eigenvalue weighted by molar-refractivity contribution is 1.10. The summed E-state index contributed by atoms with van der Waals surface area (Å²) in [5.41, 5.74) is 7.02. The molecule has 0 N–H and O–H groups in total. The predicted octanol–water partition coefficient (Wildman–Crippen LogP) is 10.1. The smallest absolute Gasteiger partial charge is 0.145 e. The SMILES string of the molecule is c1ccc(-c2cnc(-n3c4ccccc4c4cc5c(ccc6c5ccn6-c5ccccc5)cc43)c3ccccc23)cc1. The van der Waals surface area contributed by atoms with Crippen LogP contribution in [0, 0.1) is 0 Å². The van der Waals surface area contributed by atoms with E-state index in [1.54, 1.807) is 0 Å². The Bertz CT molecular complexity index is 2450. The first kappa shape index (κ1) is 23.1. The van der Waals surface area contributed by atoms with Crippen molar-refractivity contribution < 1.29 is 0 Å². The van der Waals surface area contributed by atoms with E-state index >= 15 is 0 Å². The molecular formula is C39H25N3. The molecule has 0 saturated heterocycles. The van der Waals surface area contributed by atoms with Crippen LogP contribution in [-0.2, 0) is 0 Å². The Morgan fingerprint density at radius 1 is 0.452 bits per heavy atom. The summed E-state index contributed by atoms with van der Waals surface area (Å²) >= 11 is 0. The monoisotopic (exact) mass is 535 g/mol. The lowest BCUT2D eigenvalue weighted by Crippen LogP contribution is -1.99. The van der Waals surface area contributed by atoms with Gasteiger partial charge in [-0.1, -0.05) is 97.1 Å². The number of hydrogen-bond acceptors (Lipinski definition) is 1. The van der Waals surface area contributed by atoms with Gasteiger partial charge in [0.25, 0.3) is 0 Å². The number of benzene rings is 6. The number of fused-ring (bicyclic) bond motifs is 7. The van der Waals surface area contributed by atoms with Crippen LogP contribution >= 0.6 is 0 Å². The van der Waals surface area contributed by atoms with Crippen LogP contribution in [-0.4, -0.2) is 14.1 Å². The van der Waals surface area contributed by atoms with Crippen LogP contribution in [0.5, 0.6) is 0 Å². The fourth-order valence-electron chi connectivity index (χ4n) is 6.66. The molecule has 0 fully saturated rings. The molecule has 0 amide bonds. The highest BCUT2D eigenvalue weighted by Gasteiger charge is 2.18. The standard InChI is InChI=1S/C39H25N3/c1-3-11-26(12-4-1)35-25-40-39(32-17-8-7-15-29(32)35)42-37-18-10-9-16-30(37)34-24-33-27(23-38(34)42)19-20-36-31(33)21-22-41(36)28-13-5-2-6-14-28/h1-25H. The topological polar surface area (TPSA) is 22.8 Å². The van der Waals surface area contributed by atoms with Crippen molar-refractivity contribution in [2.45, 2.75) is 0 Å². The summed E-state index contributed by atoms with van der Waals surface area (Å²) < 4.78 is 4.62. The predicted molar refractivity (Wildman–Crippen MR) is 176 cm³/mol. The number of hydrogen-bond donors (Lipinski definition) is 0. The molecule has 0 aliphatic heterocycles. The van der Waals surface area contributed by atoms with Gasteiger partial charge in [0.1, 0.15) is 5.82 Å². The van der Waals surface area contributed by atoms with Crippen molar-refractivity contribution in [3.63, 3.8) is 0 Å². The zero-order valence-corrected chi connectivity index (χ0v) is 22.8. The lowest BCUT2D eigenvalue weighted by atomic mass is 10.0. The van der Waals surface area contributed by atoms with Crippen molar-refractivity contribution in [3.8, 4) is 22.6 Å². The molecule has 6 aromatic carbocycles. The molecular weight excluding hydrogens is 510 g/mol. The van der Waals surface area contributed by atoms with E-state index in [-0.39, 0.29) is 0 Å². The third-order valence-corrected chi connectivity index (χ3v) is 8.59. The molecule has 9 aromatic rings. The third-order valence-electron chi connectivity index (χ3n) is 8.59. The molecule has 0 aliphatic carbocycles. The number of pyridine rings is 1. The quantitative estimate of drug-likeness (QED) is 0.221. The van der Waals surface area contributed by atoms with Crippen LogP contribution in [0.4, 0.5) is 0 Å². The number of nitrogens with zero attached hydrogens (tertiary/aromatic N) is 3. The molecule has 0 spiro atoms. The second-order valence-corrected chi connectivity index (χ2v) is 10.9. The summed E-state index contributed by atoms with van der Waals surface area (Å²) in [6, 6.07) is 49.9. The minimum Gasteiger partial charge on any atom is -0.317 e. The first-order valence-corrected chi connectivity index (χ1v) is 14.3. The fourth-order valence-corrected chi connectivity index (χ4v) is 6.66. The van der Waals surface area contributed by atoms with Gasteiger partial charge in [-0.25, -0.2) is 4.98 Å². The van der Waals surface area contributed by atoms with Gasteiger partial charge in [-0.05, 0) is 64.2 Å². The van der Waals surface area contributed by atoms with Gasteiger partial charge in [-0.15, -0.1) is 0 Å². The van der Waals surface area contributed by atoms with Gasteiger partial charge in [0.2, 0.25) is 0 Å². The summed E-state index contributed by atoms with van der Waals surface area (Å²) in [4.78, 5) is 5.15. The second-order valence-electron chi connectivity index (χ2n) is 10.9. The molecule has 0 unspecified atom stereocenters. The molecule has 9 rings (SSSR count). The zero-order valence-electron chi connectivity index (χ0n) is 22.8. The van der Waals surface area contributed by atoms with Crippen molar-refractivity contribution in [2.75, 3.05) is 0 Å². The maximum Gasteiger partial charge on any atom is 0.145 e. The van der Waals surface area contributed by atoms with Crippen molar-refractivity contribution in [1.82, 2.24) is 14.1 Å². The first-order valence-electron chi connectivity index (χ1n) is 14.3. The van der Waals surface area contributed by atoms with Gasteiger partial charge in [0, 0.05) is 45.2 Å². The van der Waals surface area contributed by atoms with E-state index in [4.69, 9.17) is 4.98 Å². The van der Waals surface area contributed by atoms with E-state index in [1.807, 2.05) is 6.20 Å². The van der Waals surface area contributed by atoms with Crippen LogP contribution in [0.15, 0.2) is 152 Å². The first-order chi connectivity index (χ1) is 20.8. The van der Waals surface area contributed by atoms with E-state index in [1.165, 1.54) is 49.1 Å². The molecule has 3 aromatic heterocycles. The summed E-state index contributed by atoms with van der Waals surface area (Å²) in [6.07, 6.45) is 4.21. The Balaban J connectivity index is 1.34. The Morgan fingerprint density at radius 3 is 1.98 bits per heavy atom. The van der Waals surface area contributed by atoms with Gasteiger partial charge in [0.15, 0.2) is 0 Å². The number of para-hydroxylation sites is 2. The molecule has 0 radical (unpaired) electrons. The minimum atomic E-state index is 0.951. The summed E-state index contributed by atoms with van der Waals surface area (Å²) in [6.45, 7) is 0. The van der Waals surface area contributed by atoms with Gasteiger partial charge in [-0.3, -0.25) is 4.57 Å². The molecule has 0 aliphatic rings. The summed E-state index contributed by atoms with van der Waals surface area (Å²) in [5.74, 6) is 0.951. The normalized spacial score (nSPS) is 11.8. The van der Waals surface area contributed by atoms with E-state index in [0.717, 1.165) is 27.8 Å². The highest BCUT2D eigenvalue weighted by Crippen LogP contribution is 2.39. The van der Waals surface area contributed by atoms with Crippen molar-refractivity contribution in [3.05, 3.63) is 152 Å². The van der Waals surface area contributed by atoms with Crippen LogP contribution in [0.25, 0.3) is 76.9 Å². The molecule has 196 valence electrons. The summed E-state index contributed by atoms with van der Waals surface area (Å²) in [5, 5.41) is 8.53. The van der Waals surface area contributed by atoms with Crippen LogP contribution < -0.4 is 0 Å². The fraction of sp³-hybridized carbons (Fsp3) is 0. The largest absolute Gasteiger partial charge is 0.317 e. The average molecular weight is 536 g/mol. The zero-order chi connectivity index (χ0) is 27.6. The molecule has 42 heavy (non-hydrogen) atoms. The number of aromatic nitrogens is 3. The third kappa shape index (κ3) is 3.31. The lowest BCUT2D eigenvalue weighted by Gasteiger charge is -2.14. The van der Waals surface area contributed by atoms with Crippen LogP contribution in [0.2, 0.25) is 0 Å². The van der Waals surface area contributed by atoms with E-state index < -0.39 is 0 Å². The average Bonchev–Trinajstić information content (AvgIpc) is 3.64. The second kappa shape index (κ2) is 8.92. The van der Waals surface area contributed by atoms with Crippen molar-refractivity contribution in [1.29, 1.82) is 0 Å². The molecule has 0 atom stereocenters. The Morgan fingerprint density at radius 2 is 1.14 bits per heavy atom. The van der Waals surface area contributed by atoms with Crippen LogP contribution in [0.1, 0.15) is 0 Å². The van der Waals surface area contributed by atoms with Crippen LogP contribution in [0.3, 0.4) is 0 Å². The van der Waals surface area contributed by atoms with Gasteiger partial charge in [-0.2, -0.15) is 0 Å². The highest BCUT2D eigenvalue weighted by molar-refractivity contribution is 6.18. The minimum absolute atomic E-state index is 0.951. The van der Waals surface area contributed by atoms with Gasteiger partial charge < -0.3 is 4.57 Å². The van der Waals surface area contributed by atoms with Crippen molar-refractivity contribution in [2.24, 2.45) is 0 Å². The maximum atomic E-state index is 5.15. The Labute approximate surface area is 242 Å². The molecule has 0 saturated carbocycles. The molecule has 0 bridgehead atoms. The van der Waals surface area contributed by atoms with E-state index in [0.29, 0.717) is 0 Å². The van der Waals surface area contributed by atoms with Gasteiger partial charge >= 0.3 is 0 Å².